The SMILES string of the molecule is CC(C)C.NC(=O)[C@@H]1CCCN1C(=O)CNC(=O)OC1CC2CC2C1.[HH].[HH]. The Morgan fingerprint density at radius 1 is 1.20 bits per heavy atom. The first-order valence-corrected chi connectivity index (χ1v) is 9.31. The van der Waals surface area contributed by atoms with Gasteiger partial charge in [0.05, 0.1) is 0 Å². The van der Waals surface area contributed by atoms with E-state index in [4.69, 9.17) is 10.5 Å². The molecule has 0 aromatic rings. The first-order valence-electron chi connectivity index (χ1n) is 9.31. The van der Waals surface area contributed by atoms with Crippen LogP contribution >= 0.6 is 0 Å². The number of ether oxygens (including phenoxy) is 1. The van der Waals surface area contributed by atoms with Crippen molar-refractivity contribution in [1.29, 1.82) is 0 Å². The molecule has 25 heavy (non-hydrogen) atoms. The largest absolute Gasteiger partial charge is 0.446 e. The van der Waals surface area contributed by atoms with Crippen molar-refractivity contribution in [3.8, 4) is 0 Å². The van der Waals surface area contributed by atoms with Gasteiger partial charge in [-0.15, -0.1) is 0 Å². The van der Waals surface area contributed by atoms with Crippen molar-refractivity contribution in [3.05, 3.63) is 0 Å². The first kappa shape index (κ1) is 19.5. The molecule has 1 saturated heterocycles. The highest BCUT2D eigenvalue weighted by Crippen LogP contribution is 2.52. The summed E-state index contributed by atoms with van der Waals surface area (Å²) >= 11 is 0. The summed E-state index contributed by atoms with van der Waals surface area (Å²) in [6, 6.07) is -0.544. The minimum absolute atomic E-state index is 0. The third-order valence-corrected chi connectivity index (χ3v) is 4.76. The van der Waals surface area contributed by atoms with Gasteiger partial charge in [-0.05, 0) is 49.9 Å². The number of alkyl carbamates (subject to hydrolysis) is 1. The topological polar surface area (TPSA) is 102 Å². The molecule has 0 radical (unpaired) electrons. The molecule has 3 amide bonds. The second-order valence-electron chi connectivity index (χ2n) is 7.99. The Labute approximate surface area is 152 Å². The van der Waals surface area contributed by atoms with Gasteiger partial charge in [-0.25, -0.2) is 4.79 Å². The van der Waals surface area contributed by atoms with E-state index in [-0.39, 0.29) is 21.4 Å². The van der Waals surface area contributed by atoms with Crippen LogP contribution in [0.4, 0.5) is 4.79 Å². The van der Waals surface area contributed by atoms with Crippen LogP contribution in [0.2, 0.25) is 0 Å². The number of nitrogens with one attached hydrogen (secondary N) is 1. The maximum Gasteiger partial charge on any atom is 0.407 e. The van der Waals surface area contributed by atoms with Crippen molar-refractivity contribution >= 4 is 17.9 Å². The molecule has 7 heteroatoms. The third-order valence-electron chi connectivity index (χ3n) is 4.76. The molecule has 3 rings (SSSR count). The van der Waals surface area contributed by atoms with Gasteiger partial charge in [-0.3, -0.25) is 9.59 Å². The number of nitrogens with zero attached hydrogens (tertiary/aromatic N) is 1. The molecule has 3 atom stereocenters. The van der Waals surface area contributed by atoms with Crippen molar-refractivity contribution in [3.63, 3.8) is 0 Å². The van der Waals surface area contributed by atoms with Gasteiger partial charge in [0.25, 0.3) is 0 Å². The molecule has 2 saturated carbocycles. The average Bonchev–Trinajstić information content (AvgIpc) is 2.95. The highest BCUT2D eigenvalue weighted by Gasteiger charge is 2.47. The average molecular weight is 357 g/mol. The number of carbonyl (C=O) groups is 3. The fourth-order valence-corrected chi connectivity index (χ4v) is 3.56. The van der Waals surface area contributed by atoms with E-state index >= 15 is 0 Å². The molecule has 146 valence electrons. The molecule has 0 spiro atoms. The fourth-order valence-electron chi connectivity index (χ4n) is 3.56. The maximum atomic E-state index is 12.0. The van der Waals surface area contributed by atoms with Crippen LogP contribution in [0, 0.1) is 17.8 Å². The molecule has 2 aliphatic carbocycles. The third kappa shape index (κ3) is 5.90. The zero-order chi connectivity index (χ0) is 18.6. The summed E-state index contributed by atoms with van der Waals surface area (Å²) < 4.78 is 5.29. The van der Waals surface area contributed by atoms with Crippen LogP contribution in [0.15, 0.2) is 0 Å². The van der Waals surface area contributed by atoms with E-state index in [0.29, 0.717) is 13.0 Å². The zero-order valence-electron chi connectivity index (χ0n) is 15.5. The molecule has 3 N–H and O–H groups in total. The van der Waals surface area contributed by atoms with Crippen LogP contribution in [-0.4, -0.2) is 48.0 Å². The van der Waals surface area contributed by atoms with E-state index in [2.05, 4.69) is 26.1 Å². The summed E-state index contributed by atoms with van der Waals surface area (Å²) in [5.41, 5.74) is 5.26. The van der Waals surface area contributed by atoms with Crippen LogP contribution < -0.4 is 11.1 Å². The Bertz CT molecular complexity index is 506. The second-order valence-corrected chi connectivity index (χ2v) is 7.99. The summed E-state index contributed by atoms with van der Waals surface area (Å²) in [5.74, 6) is 1.53. The van der Waals surface area contributed by atoms with Crippen LogP contribution in [0.1, 0.15) is 55.7 Å². The molecule has 3 aliphatic rings. The number of carbonyl (C=O) groups excluding carboxylic acids is 3. The number of likely N-dealkylation sites (tertiary alicyclic amines) is 1. The lowest BCUT2D eigenvalue weighted by Crippen LogP contribution is -2.47. The van der Waals surface area contributed by atoms with E-state index in [1.165, 1.54) is 11.3 Å². The molecule has 3 fully saturated rings. The zero-order valence-corrected chi connectivity index (χ0v) is 15.5. The number of rotatable bonds is 4. The van der Waals surface area contributed by atoms with Crippen molar-refractivity contribution in [2.24, 2.45) is 23.5 Å². The molecule has 0 aromatic heterocycles. The number of primary amides is 1. The molecule has 1 aliphatic heterocycles. The summed E-state index contributed by atoms with van der Waals surface area (Å²) in [6.07, 6.45) is 3.96. The number of amides is 3. The van der Waals surface area contributed by atoms with Crippen LogP contribution in [-0.2, 0) is 14.3 Å². The van der Waals surface area contributed by atoms with Crippen molar-refractivity contribution in [1.82, 2.24) is 10.2 Å². The predicted molar refractivity (Wildman–Crippen MR) is 97.8 cm³/mol. The molecule has 7 nitrogen and oxygen atoms in total. The molecule has 2 unspecified atom stereocenters. The van der Waals surface area contributed by atoms with Crippen LogP contribution in [0.3, 0.4) is 0 Å². The smallest absolute Gasteiger partial charge is 0.407 e. The lowest BCUT2D eigenvalue weighted by Gasteiger charge is -2.22. The standard InChI is InChI=1S/C14H21N3O4.C4H10.2H2/c15-13(19)11-2-1-3-17(11)12(18)7-16-14(20)21-10-5-8-4-9(8)6-10;1-4(2)3;;/h8-11H,1-7H2,(H2,15,19)(H,16,20);4H,1-3H3;2*1H/t8?,9?,10?,11-;;;/m0.../s1. The number of nitrogens with two attached hydrogens (primary N) is 1. The Hall–Kier alpha value is -1.79. The minimum Gasteiger partial charge on any atom is -0.446 e. The lowest BCUT2D eigenvalue weighted by molar-refractivity contribution is -0.136. The van der Waals surface area contributed by atoms with Gasteiger partial charge >= 0.3 is 6.09 Å². The van der Waals surface area contributed by atoms with E-state index in [1.54, 1.807) is 0 Å². The predicted octanol–water partition coefficient (Wildman–Crippen LogP) is 2.14. The Kier molecular flexibility index (Phi) is 6.67. The summed E-state index contributed by atoms with van der Waals surface area (Å²) in [4.78, 5) is 36.3. The molecule has 1 heterocycles. The van der Waals surface area contributed by atoms with E-state index in [0.717, 1.165) is 37.0 Å². The molecule has 0 aromatic carbocycles. The number of hydrogen-bond donors (Lipinski definition) is 2. The Balaban J connectivity index is 0.00000103. The minimum atomic E-state index is -0.551. The van der Waals surface area contributed by atoms with Crippen molar-refractivity contribution in [2.75, 3.05) is 13.1 Å². The Morgan fingerprint density at radius 2 is 1.80 bits per heavy atom. The van der Waals surface area contributed by atoms with Gasteiger partial charge < -0.3 is 20.7 Å². The van der Waals surface area contributed by atoms with Gasteiger partial charge in [0.2, 0.25) is 11.8 Å². The summed E-state index contributed by atoms with van der Waals surface area (Å²) in [5, 5.41) is 2.47. The highest BCUT2D eigenvalue weighted by molar-refractivity contribution is 5.89. The lowest BCUT2D eigenvalue weighted by atomic mass is 10.2. The van der Waals surface area contributed by atoms with E-state index < -0.39 is 18.0 Å². The molecular formula is C18H35N3O4. The van der Waals surface area contributed by atoms with E-state index in [1.807, 2.05) is 0 Å². The quantitative estimate of drug-likeness (QED) is 0.804. The number of hydrogen-bond acceptors (Lipinski definition) is 4. The maximum absolute atomic E-state index is 12.0. The first-order chi connectivity index (χ1) is 11.8. The van der Waals surface area contributed by atoms with Gasteiger partial charge in [0.15, 0.2) is 0 Å². The van der Waals surface area contributed by atoms with Crippen molar-refractivity contribution in [2.45, 2.75) is 65.0 Å². The second kappa shape index (κ2) is 8.54. The number of fused-ring (bicyclic) bond motifs is 1. The summed E-state index contributed by atoms with van der Waals surface area (Å²) in [6.45, 7) is 6.86. The normalized spacial score (nSPS) is 29.5. The highest BCUT2D eigenvalue weighted by atomic mass is 16.6. The van der Waals surface area contributed by atoms with Crippen LogP contribution in [0.5, 0.6) is 0 Å². The fraction of sp³-hybridized carbons (Fsp3) is 0.833. The van der Waals surface area contributed by atoms with Gasteiger partial charge in [-0.2, -0.15) is 0 Å². The Morgan fingerprint density at radius 3 is 2.36 bits per heavy atom. The van der Waals surface area contributed by atoms with Crippen LogP contribution in [0.25, 0.3) is 0 Å². The van der Waals surface area contributed by atoms with Gasteiger partial charge in [0, 0.05) is 9.40 Å². The molecular weight excluding hydrogens is 322 g/mol. The molecule has 0 bridgehead atoms. The van der Waals surface area contributed by atoms with E-state index in [9.17, 15) is 14.4 Å². The monoisotopic (exact) mass is 357 g/mol. The summed E-state index contributed by atoms with van der Waals surface area (Å²) in [7, 11) is 0. The van der Waals surface area contributed by atoms with Gasteiger partial charge in [-0.1, -0.05) is 20.8 Å². The van der Waals surface area contributed by atoms with Gasteiger partial charge in [0.1, 0.15) is 18.7 Å². The van der Waals surface area contributed by atoms with Crippen molar-refractivity contribution < 1.29 is 22.0 Å².